The molecule has 1 N–H and O–H groups in total. The van der Waals surface area contributed by atoms with E-state index in [4.69, 9.17) is 0 Å². The summed E-state index contributed by atoms with van der Waals surface area (Å²) in [6, 6.07) is 12.5. The van der Waals surface area contributed by atoms with Gasteiger partial charge in [0.1, 0.15) is 0 Å². The number of hydrogen-bond acceptors (Lipinski definition) is 2. The zero-order chi connectivity index (χ0) is 10.1. The molecule has 0 fully saturated rings. The van der Waals surface area contributed by atoms with E-state index in [1.54, 1.807) is 6.21 Å². The lowest BCUT2D eigenvalue weighted by Gasteiger charge is -2.08. The van der Waals surface area contributed by atoms with Gasteiger partial charge >= 0.3 is 0 Å². The van der Waals surface area contributed by atoms with Gasteiger partial charge in [-0.05, 0) is 11.5 Å². The summed E-state index contributed by atoms with van der Waals surface area (Å²) in [5.41, 5.74) is 5.33. The van der Waals surface area contributed by atoms with Crippen LogP contribution in [0.15, 0.2) is 47.6 Å². The maximum Gasteiger partial charge on any atom is 0.0712 e. The van der Waals surface area contributed by atoms with Gasteiger partial charge in [0.15, 0.2) is 0 Å². The van der Waals surface area contributed by atoms with Crippen LogP contribution in [0, 0.1) is 0 Å². The lowest BCUT2D eigenvalue weighted by molar-refractivity contribution is 1.37. The first kappa shape index (κ1) is 8.24. The molecule has 3 rings (SSSR count). The molecular formula is C13H10N2. The largest absolute Gasteiger partial charge is 0.277 e. The second-order valence-electron chi connectivity index (χ2n) is 3.50. The summed E-state index contributed by atoms with van der Waals surface area (Å²) in [6.07, 6.45) is 5.76. The molecular weight excluding hydrogens is 184 g/mol. The molecule has 1 heterocycles. The maximum absolute atomic E-state index is 4.10. The van der Waals surface area contributed by atoms with Crippen molar-refractivity contribution in [2.45, 2.75) is 0 Å². The Morgan fingerprint density at radius 1 is 1.00 bits per heavy atom. The summed E-state index contributed by atoms with van der Waals surface area (Å²) < 4.78 is 0. The van der Waals surface area contributed by atoms with E-state index in [1.807, 2.05) is 18.2 Å². The Labute approximate surface area is 87.9 Å². The third-order valence-corrected chi connectivity index (χ3v) is 2.57. The minimum atomic E-state index is 1.08. The third kappa shape index (κ3) is 1.31. The van der Waals surface area contributed by atoms with Crippen molar-refractivity contribution in [3.8, 4) is 0 Å². The van der Waals surface area contributed by atoms with Crippen LogP contribution in [0.3, 0.4) is 0 Å². The lowest BCUT2D eigenvalue weighted by atomic mass is 10.0. The fourth-order valence-corrected chi connectivity index (χ4v) is 1.84. The molecule has 72 valence electrons. The fourth-order valence-electron chi connectivity index (χ4n) is 1.84. The highest BCUT2D eigenvalue weighted by molar-refractivity contribution is 6.00. The number of fused-ring (bicyclic) bond motifs is 3. The van der Waals surface area contributed by atoms with E-state index in [1.165, 1.54) is 16.3 Å². The van der Waals surface area contributed by atoms with Gasteiger partial charge < -0.3 is 0 Å². The molecule has 15 heavy (non-hydrogen) atoms. The van der Waals surface area contributed by atoms with Crippen LogP contribution in [0.1, 0.15) is 5.56 Å². The van der Waals surface area contributed by atoms with Gasteiger partial charge in [-0.25, -0.2) is 0 Å². The smallest absolute Gasteiger partial charge is 0.0712 e. The first-order valence-corrected chi connectivity index (χ1v) is 4.93. The van der Waals surface area contributed by atoms with E-state index in [0.29, 0.717) is 0 Å². The molecule has 0 aromatic heterocycles. The predicted molar refractivity (Wildman–Crippen MR) is 65.1 cm³/mol. The first-order valence-electron chi connectivity index (χ1n) is 4.93. The first-order chi connectivity index (χ1) is 7.45. The van der Waals surface area contributed by atoms with Crippen LogP contribution in [-0.4, -0.2) is 6.21 Å². The predicted octanol–water partition coefficient (Wildman–Crippen LogP) is 3.26. The van der Waals surface area contributed by atoms with Crippen molar-refractivity contribution < 1.29 is 0 Å². The van der Waals surface area contributed by atoms with Crippen LogP contribution in [0.5, 0.6) is 0 Å². The third-order valence-electron chi connectivity index (χ3n) is 2.57. The number of hydrazone groups is 1. The van der Waals surface area contributed by atoms with Crippen LogP contribution in [0.4, 0.5) is 5.69 Å². The SMILES string of the molecule is C1=Cc2ccc3ccccc3c2NN=C1. The molecule has 0 atom stereocenters. The van der Waals surface area contributed by atoms with Gasteiger partial charge in [-0.1, -0.05) is 42.5 Å². The van der Waals surface area contributed by atoms with Crippen LogP contribution < -0.4 is 5.43 Å². The molecule has 2 aromatic carbocycles. The molecule has 1 aliphatic rings. The number of anilines is 1. The van der Waals surface area contributed by atoms with Crippen molar-refractivity contribution in [3.05, 3.63) is 48.0 Å². The Kier molecular flexibility index (Phi) is 1.78. The minimum absolute atomic E-state index is 1.08. The highest BCUT2D eigenvalue weighted by Crippen LogP contribution is 2.29. The molecule has 0 aliphatic carbocycles. The molecule has 2 nitrogen and oxygen atoms in total. The van der Waals surface area contributed by atoms with Gasteiger partial charge in [0, 0.05) is 17.2 Å². The van der Waals surface area contributed by atoms with E-state index in [9.17, 15) is 0 Å². The average molecular weight is 194 g/mol. The summed E-state index contributed by atoms with van der Waals surface area (Å²) in [5.74, 6) is 0. The number of nitrogens with one attached hydrogen (secondary N) is 1. The standard InChI is InChI=1S/C13H10N2/c1-2-6-12-10(4-1)7-8-11-5-3-9-14-15-13(11)12/h1-9,15H. The van der Waals surface area contributed by atoms with E-state index in [-0.39, 0.29) is 0 Å². The number of allylic oxidation sites excluding steroid dienone is 1. The molecule has 0 saturated heterocycles. The average Bonchev–Trinajstić information content (AvgIpc) is 2.54. The second kappa shape index (κ2) is 3.24. The summed E-state index contributed by atoms with van der Waals surface area (Å²) in [6.45, 7) is 0. The van der Waals surface area contributed by atoms with Gasteiger partial charge in [0.05, 0.1) is 5.69 Å². The molecule has 2 aromatic rings. The van der Waals surface area contributed by atoms with Crippen molar-refractivity contribution in [3.63, 3.8) is 0 Å². The fraction of sp³-hybridized carbons (Fsp3) is 0. The summed E-state index contributed by atoms with van der Waals surface area (Å²) in [4.78, 5) is 0. The Morgan fingerprint density at radius 3 is 2.93 bits per heavy atom. The summed E-state index contributed by atoms with van der Waals surface area (Å²) in [7, 11) is 0. The van der Waals surface area contributed by atoms with Crippen molar-refractivity contribution >= 4 is 28.8 Å². The molecule has 0 radical (unpaired) electrons. The molecule has 1 aliphatic heterocycles. The van der Waals surface area contributed by atoms with E-state index in [0.717, 1.165) is 5.69 Å². The Balaban J connectivity index is 2.38. The number of hydrogen-bond donors (Lipinski definition) is 1. The van der Waals surface area contributed by atoms with Gasteiger partial charge in [-0.3, -0.25) is 5.43 Å². The van der Waals surface area contributed by atoms with Gasteiger partial charge in [-0.15, -0.1) is 0 Å². The van der Waals surface area contributed by atoms with Crippen molar-refractivity contribution in [2.75, 3.05) is 5.43 Å². The van der Waals surface area contributed by atoms with Crippen LogP contribution >= 0.6 is 0 Å². The van der Waals surface area contributed by atoms with Gasteiger partial charge in [0.25, 0.3) is 0 Å². The van der Waals surface area contributed by atoms with Gasteiger partial charge in [0.2, 0.25) is 0 Å². The summed E-state index contributed by atoms with van der Waals surface area (Å²) >= 11 is 0. The molecule has 0 amide bonds. The van der Waals surface area contributed by atoms with Crippen molar-refractivity contribution in [2.24, 2.45) is 5.10 Å². The van der Waals surface area contributed by atoms with E-state index >= 15 is 0 Å². The maximum atomic E-state index is 4.10. The zero-order valence-electron chi connectivity index (χ0n) is 8.14. The number of benzene rings is 2. The van der Waals surface area contributed by atoms with Gasteiger partial charge in [-0.2, -0.15) is 5.10 Å². The topological polar surface area (TPSA) is 24.4 Å². The van der Waals surface area contributed by atoms with Crippen molar-refractivity contribution in [1.82, 2.24) is 0 Å². The highest BCUT2D eigenvalue weighted by Gasteiger charge is 2.05. The van der Waals surface area contributed by atoms with Crippen LogP contribution in [0.25, 0.3) is 16.8 Å². The molecule has 0 unspecified atom stereocenters. The van der Waals surface area contributed by atoms with E-state index in [2.05, 4.69) is 40.9 Å². The zero-order valence-corrected chi connectivity index (χ0v) is 8.14. The molecule has 2 heteroatoms. The summed E-state index contributed by atoms with van der Waals surface area (Å²) in [5, 5.41) is 6.54. The number of nitrogens with zero attached hydrogens (tertiary/aromatic N) is 1. The quantitative estimate of drug-likeness (QED) is 0.683. The Morgan fingerprint density at radius 2 is 1.93 bits per heavy atom. The molecule has 0 spiro atoms. The van der Waals surface area contributed by atoms with Crippen LogP contribution in [-0.2, 0) is 0 Å². The molecule has 0 bridgehead atoms. The minimum Gasteiger partial charge on any atom is -0.277 e. The Hall–Kier alpha value is -2.09. The highest BCUT2D eigenvalue weighted by atomic mass is 15.3. The van der Waals surface area contributed by atoms with Crippen LogP contribution in [0.2, 0.25) is 0 Å². The second-order valence-corrected chi connectivity index (χ2v) is 3.50. The monoisotopic (exact) mass is 194 g/mol. The lowest BCUT2D eigenvalue weighted by Crippen LogP contribution is -1.91. The van der Waals surface area contributed by atoms with E-state index < -0.39 is 0 Å². The van der Waals surface area contributed by atoms with Crippen molar-refractivity contribution in [1.29, 1.82) is 0 Å². The molecule has 0 saturated carbocycles. The Bertz CT molecular complexity index is 568. The normalized spacial score (nSPS) is 13.3. The number of rotatable bonds is 0.